The minimum absolute atomic E-state index is 0.155. The van der Waals surface area contributed by atoms with Crippen molar-refractivity contribution in [1.29, 1.82) is 0 Å². The van der Waals surface area contributed by atoms with Gasteiger partial charge in [0.25, 0.3) is 0 Å². The number of esters is 1. The zero-order chi connectivity index (χ0) is 19.8. The van der Waals surface area contributed by atoms with Crippen LogP contribution in [0.5, 0.6) is 0 Å². The zero-order valence-electron chi connectivity index (χ0n) is 15.5. The van der Waals surface area contributed by atoms with E-state index in [-0.39, 0.29) is 22.2 Å². The predicted molar refractivity (Wildman–Crippen MR) is 108 cm³/mol. The molecule has 0 aliphatic heterocycles. The number of aromatic nitrogens is 2. The maximum atomic E-state index is 12.2. The lowest BCUT2D eigenvalue weighted by Crippen LogP contribution is -2.15. The van der Waals surface area contributed by atoms with Crippen LogP contribution < -0.4 is 5.32 Å². The SMILES string of the molecule is CCCCOC(=O)c1cc(NC(=O)CSc2nc(C)cc(C)n2)ccc1Cl. The Morgan fingerprint density at radius 1 is 1.19 bits per heavy atom. The van der Waals surface area contributed by atoms with Gasteiger partial charge in [-0.25, -0.2) is 14.8 Å². The number of thioether (sulfide) groups is 1. The van der Waals surface area contributed by atoms with Gasteiger partial charge in [0, 0.05) is 17.1 Å². The molecule has 0 aliphatic carbocycles. The molecule has 0 radical (unpaired) electrons. The largest absolute Gasteiger partial charge is 0.462 e. The summed E-state index contributed by atoms with van der Waals surface area (Å²) < 4.78 is 5.18. The summed E-state index contributed by atoms with van der Waals surface area (Å²) >= 11 is 7.33. The number of anilines is 1. The number of hydrogen-bond donors (Lipinski definition) is 1. The molecule has 1 aromatic carbocycles. The van der Waals surface area contributed by atoms with E-state index < -0.39 is 5.97 Å². The second-order valence-corrected chi connectivity index (χ2v) is 7.30. The van der Waals surface area contributed by atoms with Crippen molar-refractivity contribution in [3.8, 4) is 0 Å². The van der Waals surface area contributed by atoms with Gasteiger partial charge in [-0.15, -0.1) is 0 Å². The molecule has 0 saturated heterocycles. The molecule has 0 spiro atoms. The number of benzene rings is 1. The normalized spacial score (nSPS) is 10.5. The van der Waals surface area contributed by atoms with Crippen molar-refractivity contribution >= 4 is 40.9 Å². The molecule has 1 aromatic heterocycles. The van der Waals surface area contributed by atoms with Gasteiger partial charge in [-0.05, 0) is 44.5 Å². The van der Waals surface area contributed by atoms with Gasteiger partial charge in [0.1, 0.15) is 0 Å². The number of unbranched alkanes of at least 4 members (excludes halogenated alkanes) is 1. The number of hydrogen-bond acceptors (Lipinski definition) is 6. The Morgan fingerprint density at radius 2 is 1.89 bits per heavy atom. The second kappa shape index (κ2) is 10.3. The molecule has 2 aromatic rings. The molecule has 0 aliphatic rings. The molecule has 0 fully saturated rings. The van der Waals surface area contributed by atoms with Crippen LogP contribution >= 0.6 is 23.4 Å². The molecular weight excluding hydrogens is 386 g/mol. The van der Waals surface area contributed by atoms with Crippen molar-refractivity contribution < 1.29 is 14.3 Å². The van der Waals surface area contributed by atoms with Gasteiger partial charge in [-0.2, -0.15) is 0 Å². The number of nitrogens with zero attached hydrogens (tertiary/aromatic N) is 2. The molecular formula is C19H22ClN3O3S. The van der Waals surface area contributed by atoms with E-state index in [4.69, 9.17) is 16.3 Å². The van der Waals surface area contributed by atoms with E-state index >= 15 is 0 Å². The molecule has 1 heterocycles. The van der Waals surface area contributed by atoms with Crippen molar-refractivity contribution in [2.45, 2.75) is 38.8 Å². The van der Waals surface area contributed by atoms with Gasteiger partial charge < -0.3 is 10.1 Å². The summed E-state index contributed by atoms with van der Waals surface area (Å²) in [5.74, 6) is -0.570. The molecule has 144 valence electrons. The van der Waals surface area contributed by atoms with E-state index in [1.165, 1.54) is 17.8 Å². The summed E-state index contributed by atoms with van der Waals surface area (Å²) in [5.41, 5.74) is 2.42. The van der Waals surface area contributed by atoms with Crippen LogP contribution in [0.1, 0.15) is 41.5 Å². The first kappa shape index (κ1) is 21.2. The fraction of sp³-hybridized carbons (Fsp3) is 0.368. The van der Waals surface area contributed by atoms with E-state index in [2.05, 4.69) is 15.3 Å². The number of aryl methyl sites for hydroxylation is 2. The number of amides is 1. The zero-order valence-corrected chi connectivity index (χ0v) is 17.1. The number of halogens is 1. The van der Waals surface area contributed by atoms with E-state index in [1.54, 1.807) is 12.1 Å². The van der Waals surface area contributed by atoms with Crippen LogP contribution in [0.15, 0.2) is 29.4 Å². The van der Waals surface area contributed by atoms with Crippen molar-refractivity contribution in [2.24, 2.45) is 0 Å². The summed E-state index contributed by atoms with van der Waals surface area (Å²) in [4.78, 5) is 32.9. The van der Waals surface area contributed by atoms with Gasteiger partial charge >= 0.3 is 5.97 Å². The minimum atomic E-state index is -0.498. The second-order valence-electron chi connectivity index (χ2n) is 5.95. The van der Waals surface area contributed by atoms with Gasteiger partial charge in [-0.3, -0.25) is 4.79 Å². The third-order valence-electron chi connectivity index (χ3n) is 3.50. The highest BCUT2D eigenvalue weighted by molar-refractivity contribution is 7.99. The first-order chi connectivity index (χ1) is 12.9. The number of carbonyl (C=O) groups excluding carboxylic acids is 2. The van der Waals surface area contributed by atoms with Crippen LogP contribution in [0.2, 0.25) is 5.02 Å². The quantitative estimate of drug-likeness (QED) is 0.301. The number of ether oxygens (including phenoxy) is 1. The lowest BCUT2D eigenvalue weighted by Gasteiger charge is -2.09. The Balaban J connectivity index is 1.96. The smallest absolute Gasteiger partial charge is 0.339 e. The molecule has 8 heteroatoms. The highest BCUT2D eigenvalue weighted by Crippen LogP contribution is 2.22. The molecule has 6 nitrogen and oxygen atoms in total. The molecule has 2 rings (SSSR count). The molecule has 0 saturated carbocycles. The average molecular weight is 408 g/mol. The third kappa shape index (κ3) is 6.84. The van der Waals surface area contributed by atoms with Crippen molar-refractivity contribution in [3.63, 3.8) is 0 Å². The molecule has 1 N–H and O–H groups in total. The molecule has 0 atom stereocenters. The van der Waals surface area contributed by atoms with E-state index in [1.807, 2.05) is 26.8 Å². The summed E-state index contributed by atoms with van der Waals surface area (Å²) in [6, 6.07) is 6.60. The minimum Gasteiger partial charge on any atom is -0.462 e. The monoisotopic (exact) mass is 407 g/mol. The van der Waals surface area contributed by atoms with Crippen molar-refractivity contribution in [3.05, 3.63) is 46.2 Å². The Bertz CT molecular complexity index is 810. The number of carbonyl (C=O) groups is 2. The molecule has 0 bridgehead atoms. The Labute approximate surface area is 168 Å². The van der Waals surface area contributed by atoms with E-state index in [0.29, 0.717) is 17.5 Å². The van der Waals surface area contributed by atoms with Gasteiger partial charge in [0.2, 0.25) is 5.91 Å². The van der Waals surface area contributed by atoms with Crippen LogP contribution in [-0.4, -0.2) is 34.2 Å². The molecule has 0 unspecified atom stereocenters. The van der Waals surface area contributed by atoms with E-state index in [9.17, 15) is 9.59 Å². The first-order valence-electron chi connectivity index (χ1n) is 8.60. The third-order valence-corrected chi connectivity index (χ3v) is 4.67. The van der Waals surface area contributed by atoms with Gasteiger partial charge in [0.15, 0.2) is 5.16 Å². The summed E-state index contributed by atoms with van der Waals surface area (Å²) in [6.07, 6.45) is 1.72. The fourth-order valence-corrected chi connectivity index (χ4v) is 3.18. The van der Waals surface area contributed by atoms with Crippen molar-refractivity contribution in [2.75, 3.05) is 17.7 Å². The fourth-order valence-electron chi connectivity index (χ4n) is 2.23. The van der Waals surface area contributed by atoms with Crippen LogP contribution in [0.4, 0.5) is 5.69 Å². The Hall–Kier alpha value is -2.12. The molecule has 27 heavy (non-hydrogen) atoms. The summed E-state index contributed by atoms with van der Waals surface area (Å²) in [6.45, 7) is 6.12. The van der Waals surface area contributed by atoms with Crippen LogP contribution in [0, 0.1) is 13.8 Å². The standard InChI is InChI=1S/C19H22ClN3O3S/c1-4-5-8-26-18(25)15-10-14(6-7-16(15)20)23-17(24)11-27-19-21-12(2)9-13(3)22-19/h6-7,9-10H,4-5,8,11H2,1-3H3,(H,23,24). The highest BCUT2D eigenvalue weighted by Gasteiger charge is 2.14. The summed E-state index contributed by atoms with van der Waals surface area (Å²) in [5, 5.41) is 3.59. The maximum absolute atomic E-state index is 12.2. The van der Waals surface area contributed by atoms with Gasteiger partial charge in [0.05, 0.1) is 22.9 Å². The van der Waals surface area contributed by atoms with Gasteiger partial charge in [-0.1, -0.05) is 36.7 Å². The first-order valence-corrected chi connectivity index (χ1v) is 9.97. The number of nitrogens with one attached hydrogen (secondary N) is 1. The average Bonchev–Trinajstić information content (AvgIpc) is 2.61. The Kier molecular flexibility index (Phi) is 8.06. The number of rotatable bonds is 8. The highest BCUT2D eigenvalue weighted by atomic mass is 35.5. The molecule has 1 amide bonds. The maximum Gasteiger partial charge on any atom is 0.339 e. The van der Waals surface area contributed by atoms with E-state index in [0.717, 1.165) is 24.2 Å². The lowest BCUT2D eigenvalue weighted by molar-refractivity contribution is -0.113. The predicted octanol–water partition coefficient (Wildman–Crippen LogP) is 4.43. The van der Waals surface area contributed by atoms with Crippen LogP contribution in [-0.2, 0) is 9.53 Å². The topological polar surface area (TPSA) is 81.2 Å². The summed E-state index contributed by atoms with van der Waals surface area (Å²) in [7, 11) is 0. The van der Waals surface area contributed by atoms with Crippen LogP contribution in [0.25, 0.3) is 0 Å². The van der Waals surface area contributed by atoms with Crippen LogP contribution in [0.3, 0.4) is 0 Å². The lowest BCUT2D eigenvalue weighted by atomic mass is 10.2. The van der Waals surface area contributed by atoms with Crippen molar-refractivity contribution in [1.82, 2.24) is 9.97 Å². The Morgan fingerprint density at radius 3 is 2.56 bits per heavy atom.